The monoisotopic (exact) mass is 282 g/mol. The van der Waals surface area contributed by atoms with E-state index in [1.54, 1.807) is 0 Å². The summed E-state index contributed by atoms with van der Waals surface area (Å²) in [6, 6.07) is 7.94. The molecule has 0 radical (unpaired) electrons. The van der Waals surface area contributed by atoms with Crippen LogP contribution in [0.25, 0.3) is 0 Å². The molecule has 0 aliphatic carbocycles. The maximum absolute atomic E-state index is 10.9. The molecule has 0 amide bonds. The van der Waals surface area contributed by atoms with E-state index in [-0.39, 0.29) is 0 Å². The van der Waals surface area contributed by atoms with Crippen molar-refractivity contribution in [2.45, 2.75) is 44.1 Å². The van der Waals surface area contributed by atoms with E-state index < -0.39 is 11.6 Å². The fourth-order valence-corrected chi connectivity index (χ4v) is 2.33. The van der Waals surface area contributed by atoms with Gasteiger partial charge >= 0.3 is 5.97 Å². The average Bonchev–Trinajstić information content (AvgIpc) is 3.17. The van der Waals surface area contributed by atoms with E-state index in [0.29, 0.717) is 13.0 Å². The zero-order chi connectivity index (χ0) is 13.7. The first-order chi connectivity index (χ1) is 9.12. The maximum Gasteiger partial charge on any atom is 0.338 e. The Morgan fingerprint density at radius 3 is 2.42 bits per heavy atom. The second-order valence-corrected chi connectivity index (χ2v) is 5.57. The van der Waals surface area contributed by atoms with Crippen LogP contribution in [0.4, 0.5) is 0 Å². The van der Waals surface area contributed by atoms with Gasteiger partial charge in [0.1, 0.15) is 0 Å². The molecule has 104 valence electrons. The van der Waals surface area contributed by atoms with Gasteiger partial charge in [0.15, 0.2) is 5.60 Å². The molecule has 0 saturated carbocycles. The lowest BCUT2D eigenvalue weighted by Crippen LogP contribution is -2.23. The quantitative estimate of drug-likeness (QED) is 0.584. The van der Waals surface area contributed by atoms with E-state index in [0.717, 1.165) is 37.1 Å². The van der Waals surface area contributed by atoms with Crippen LogP contribution in [-0.2, 0) is 16.0 Å². The van der Waals surface area contributed by atoms with Crippen LogP contribution >= 0.6 is 11.6 Å². The van der Waals surface area contributed by atoms with Gasteiger partial charge in [0.25, 0.3) is 0 Å². The highest BCUT2D eigenvalue weighted by molar-refractivity contribution is 6.30. The summed E-state index contributed by atoms with van der Waals surface area (Å²) in [7, 11) is 0. The predicted octanol–water partition coefficient (Wildman–Crippen LogP) is 3.69. The van der Waals surface area contributed by atoms with Crippen LogP contribution in [0.15, 0.2) is 24.3 Å². The van der Waals surface area contributed by atoms with Crippen molar-refractivity contribution in [3.63, 3.8) is 0 Å². The number of carbonyl (C=O) groups is 1. The van der Waals surface area contributed by atoms with Crippen LogP contribution in [0.5, 0.6) is 0 Å². The first-order valence-electron chi connectivity index (χ1n) is 6.74. The number of ether oxygens (including phenoxy) is 1. The van der Waals surface area contributed by atoms with Gasteiger partial charge in [0.05, 0.1) is 6.61 Å². The van der Waals surface area contributed by atoms with Gasteiger partial charge in [0.2, 0.25) is 0 Å². The minimum Gasteiger partial charge on any atom is -0.479 e. The van der Waals surface area contributed by atoms with Crippen LogP contribution in [0.1, 0.15) is 37.7 Å². The molecule has 1 aliphatic rings. The Morgan fingerprint density at radius 1 is 1.21 bits per heavy atom. The molecule has 1 unspecified atom stereocenters. The number of epoxide rings is 1. The molecule has 1 aromatic rings. The number of halogens is 1. The highest BCUT2D eigenvalue weighted by atomic mass is 35.5. The van der Waals surface area contributed by atoms with Gasteiger partial charge in [-0.3, -0.25) is 0 Å². The molecule has 4 heteroatoms. The molecule has 1 fully saturated rings. The Kier molecular flexibility index (Phi) is 4.83. The third-order valence-corrected chi connectivity index (χ3v) is 3.84. The first-order valence-corrected chi connectivity index (χ1v) is 7.12. The summed E-state index contributed by atoms with van der Waals surface area (Å²) in [4.78, 5) is 10.9. The van der Waals surface area contributed by atoms with Gasteiger partial charge in [-0.15, -0.1) is 0 Å². The van der Waals surface area contributed by atoms with Gasteiger partial charge in [0, 0.05) is 5.02 Å². The molecule has 1 N–H and O–H groups in total. The number of unbranched alkanes of at least 4 members (excludes halogenated alkanes) is 3. The van der Waals surface area contributed by atoms with Gasteiger partial charge in [-0.25, -0.2) is 4.79 Å². The van der Waals surface area contributed by atoms with Gasteiger partial charge in [-0.05, 0) is 43.4 Å². The van der Waals surface area contributed by atoms with Crippen LogP contribution in [0, 0.1) is 0 Å². The Hall–Kier alpha value is -1.06. The minimum absolute atomic E-state index is 0.382. The smallest absolute Gasteiger partial charge is 0.338 e. The van der Waals surface area contributed by atoms with Crippen molar-refractivity contribution in [1.82, 2.24) is 0 Å². The number of carboxylic acids is 1. The Morgan fingerprint density at radius 2 is 1.84 bits per heavy atom. The van der Waals surface area contributed by atoms with Gasteiger partial charge < -0.3 is 9.84 Å². The highest BCUT2D eigenvalue weighted by Gasteiger charge is 2.51. The summed E-state index contributed by atoms with van der Waals surface area (Å²) in [5, 5.41) is 9.71. The summed E-state index contributed by atoms with van der Waals surface area (Å²) < 4.78 is 5.03. The summed E-state index contributed by atoms with van der Waals surface area (Å²) >= 11 is 5.83. The number of aryl methyl sites for hydroxylation is 1. The van der Waals surface area contributed by atoms with Crippen LogP contribution in [-0.4, -0.2) is 23.3 Å². The molecule has 19 heavy (non-hydrogen) atoms. The first kappa shape index (κ1) is 14.4. The van der Waals surface area contributed by atoms with Crippen LogP contribution in [0.2, 0.25) is 5.02 Å². The number of hydrogen-bond acceptors (Lipinski definition) is 2. The Balaban J connectivity index is 1.55. The average molecular weight is 283 g/mol. The number of carboxylic acid groups (broad SMARTS) is 1. The zero-order valence-corrected chi connectivity index (χ0v) is 11.7. The van der Waals surface area contributed by atoms with Crippen molar-refractivity contribution in [2.75, 3.05) is 6.61 Å². The van der Waals surface area contributed by atoms with E-state index in [1.165, 1.54) is 5.56 Å². The van der Waals surface area contributed by atoms with E-state index in [2.05, 4.69) is 12.1 Å². The van der Waals surface area contributed by atoms with Crippen molar-refractivity contribution in [2.24, 2.45) is 0 Å². The van der Waals surface area contributed by atoms with Crippen molar-refractivity contribution < 1.29 is 14.6 Å². The molecular formula is C15H19ClO3. The zero-order valence-electron chi connectivity index (χ0n) is 10.9. The standard InChI is InChI=1S/C15H19ClO3/c16-13-8-6-12(7-9-13)5-3-1-2-4-10-15(11-19-15)14(17)18/h6-9H,1-5,10-11H2,(H,17,18). The lowest BCUT2D eigenvalue weighted by Gasteiger charge is -2.06. The second kappa shape index (κ2) is 6.40. The van der Waals surface area contributed by atoms with E-state index in [1.807, 2.05) is 12.1 Å². The minimum atomic E-state index is -0.837. The molecule has 0 spiro atoms. The molecular weight excluding hydrogens is 264 g/mol. The third kappa shape index (κ3) is 4.22. The van der Waals surface area contributed by atoms with E-state index >= 15 is 0 Å². The number of hydrogen-bond donors (Lipinski definition) is 1. The largest absolute Gasteiger partial charge is 0.479 e. The molecule has 1 atom stereocenters. The molecule has 0 aromatic heterocycles. The Bertz CT molecular complexity index is 424. The van der Waals surface area contributed by atoms with Crippen molar-refractivity contribution in [3.8, 4) is 0 Å². The summed E-state index contributed by atoms with van der Waals surface area (Å²) in [6.07, 6.45) is 5.93. The molecule has 1 saturated heterocycles. The van der Waals surface area contributed by atoms with Crippen LogP contribution in [0.3, 0.4) is 0 Å². The molecule has 2 rings (SSSR count). The lowest BCUT2D eigenvalue weighted by molar-refractivity contribution is -0.143. The maximum atomic E-state index is 10.9. The number of benzene rings is 1. The van der Waals surface area contributed by atoms with Crippen molar-refractivity contribution in [1.29, 1.82) is 0 Å². The fourth-order valence-electron chi connectivity index (χ4n) is 2.21. The fraction of sp³-hybridized carbons (Fsp3) is 0.533. The molecule has 3 nitrogen and oxygen atoms in total. The normalized spacial score (nSPS) is 21.3. The SMILES string of the molecule is O=C(O)C1(CCCCCCc2ccc(Cl)cc2)CO1. The molecule has 1 aliphatic heterocycles. The van der Waals surface area contributed by atoms with E-state index in [4.69, 9.17) is 21.4 Å². The summed E-state index contributed by atoms with van der Waals surface area (Å²) in [6.45, 7) is 0.382. The highest BCUT2D eigenvalue weighted by Crippen LogP contribution is 2.33. The number of aliphatic carboxylic acids is 1. The van der Waals surface area contributed by atoms with Crippen molar-refractivity contribution >= 4 is 17.6 Å². The Labute approximate surface area is 118 Å². The molecule has 1 aromatic carbocycles. The van der Waals surface area contributed by atoms with Crippen LogP contribution < -0.4 is 0 Å². The molecule has 0 bridgehead atoms. The second-order valence-electron chi connectivity index (χ2n) is 5.13. The van der Waals surface area contributed by atoms with E-state index in [9.17, 15) is 4.79 Å². The van der Waals surface area contributed by atoms with Gasteiger partial charge in [-0.1, -0.05) is 36.6 Å². The van der Waals surface area contributed by atoms with Crippen molar-refractivity contribution in [3.05, 3.63) is 34.9 Å². The summed E-state index contributed by atoms with van der Waals surface area (Å²) in [5.41, 5.74) is 0.466. The summed E-state index contributed by atoms with van der Waals surface area (Å²) in [5.74, 6) is -0.811. The topological polar surface area (TPSA) is 49.8 Å². The molecule has 1 heterocycles. The lowest BCUT2D eigenvalue weighted by atomic mass is 10.0. The van der Waals surface area contributed by atoms with Gasteiger partial charge in [-0.2, -0.15) is 0 Å². The number of rotatable bonds is 8. The predicted molar refractivity (Wildman–Crippen MR) is 74.6 cm³/mol. The third-order valence-electron chi connectivity index (χ3n) is 3.59.